The number of aryl methyl sites for hydroxylation is 1. The molecule has 3 aromatic carbocycles. The average molecular weight is 439 g/mol. The van der Waals surface area contributed by atoms with Crippen LogP contribution in [-0.4, -0.2) is 20.9 Å². The van der Waals surface area contributed by atoms with Crippen molar-refractivity contribution in [1.29, 1.82) is 5.26 Å². The number of ether oxygens (including phenoxy) is 1. The number of carbonyl (C=O) groups is 1. The van der Waals surface area contributed by atoms with Crippen LogP contribution < -0.4 is 14.8 Å². The minimum Gasteiger partial charge on any atom is -0.479 e. The van der Waals surface area contributed by atoms with E-state index >= 15 is 0 Å². The summed E-state index contributed by atoms with van der Waals surface area (Å²) < 4.78 is 46.0. The maximum atomic E-state index is 13.1. The van der Waals surface area contributed by atoms with Crippen LogP contribution in [0, 0.1) is 24.1 Å². The molecule has 0 aliphatic heterocycles. The molecule has 0 aromatic heterocycles. The molecule has 0 aliphatic carbocycles. The topological polar surface area (TPSA) is 108 Å². The second kappa shape index (κ2) is 9.28. The van der Waals surface area contributed by atoms with Gasteiger partial charge < -0.3 is 10.1 Å². The summed E-state index contributed by atoms with van der Waals surface area (Å²) in [5.41, 5.74) is 1.38. The van der Waals surface area contributed by atoms with E-state index in [0.29, 0.717) is 17.0 Å². The predicted molar refractivity (Wildman–Crippen MR) is 114 cm³/mol. The van der Waals surface area contributed by atoms with Gasteiger partial charge in [0.1, 0.15) is 17.6 Å². The third-order valence-electron chi connectivity index (χ3n) is 4.26. The van der Waals surface area contributed by atoms with Gasteiger partial charge in [-0.25, -0.2) is 12.8 Å². The molecule has 3 rings (SSSR count). The van der Waals surface area contributed by atoms with Crippen molar-refractivity contribution >= 4 is 27.3 Å². The van der Waals surface area contributed by atoms with Crippen molar-refractivity contribution in [3.63, 3.8) is 0 Å². The fourth-order valence-corrected chi connectivity index (χ4v) is 3.81. The molecule has 0 unspecified atom stereocenters. The third-order valence-corrected chi connectivity index (χ3v) is 5.63. The number of rotatable bonds is 7. The van der Waals surface area contributed by atoms with E-state index in [2.05, 4.69) is 10.0 Å². The molecule has 31 heavy (non-hydrogen) atoms. The number of hydrogen-bond acceptors (Lipinski definition) is 5. The lowest BCUT2D eigenvalue weighted by molar-refractivity contribution is 0.102. The molecule has 0 saturated carbocycles. The van der Waals surface area contributed by atoms with Gasteiger partial charge in [0.25, 0.3) is 15.9 Å². The highest BCUT2D eigenvalue weighted by molar-refractivity contribution is 7.92. The number of nitrogens with one attached hydrogen (secondary N) is 2. The Morgan fingerprint density at radius 3 is 2.52 bits per heavy atom. The quantitative estimate of drug-likeness (QED) is 0.576. The van der Waals surface area contributed by atoms with Crippen LogP contribution in [0.2, 0.25) is 0 Å². The Bertz CT molecular complexity index is 1250. The molecule has 158 valence electrons. The molecule has 7 nitrogen and oxygen atoms in total. The normalized spacial score (nSPS) is 10.7. The van der Waals surface area contributed by atoms with Gasteiger partial charge in [-0.2, -0.15) is 5.26 Å². The Morgan fingerprint density at radius 2 is 1.81 bits per heavy atom. The van der Waals surface area contributed by atoms with Gasteiger partial charge in [0.15, 0.2) is 6.61 Å². The number of hydrogen-bond donors (Lipinski definition) is 2. The molecule has 3 aromatic rings. The van der Waals surface area contributed by atoms with Gasteiger partial charge in [0.05, 0.1) is 4.90 Å². The summed E-state index contributed by atoms with van der Waals surface area (Å²) in [4.78, 5) is 12.7. The Kier molecular flexibility index (Phi) is 6.52. The van der Waals surface area contributed by atoms with Crippen LogP contribution in [0.15, 0.2) is 71.6 Å². The molecule has 9 heteroatoms. The zero-order chi connectivity index (χ0) is 22.4. The molecule has 0 saturated heterocycles. The van der Waals surface area contributed by atoms with Crippen LogP contribution in [0.4, 0.5) is 15.8 Å². The van der Waals surface area contributed by atoms with Gasteiger partial charge in [-0.05, 0) is 61.0 Å². The van der Waals surface area contributed by atoms with Crippen molar-refractivity contribution in [3.8, 4) is 11.8 Å². The molecular formula is C22H18FN3O4S. The molecule has 0 bridgehead atoms. The van der Waals surface area contributed by atoms with E-state index in [0.717, 1.165) is 12.1 Å². The molecule has 0 spiro atoms. The Morgan fingerprint density at radius 1 is 1.06 bits per heavy atom. The Labute approximate surface area is 179 Å². The van der Waals surface area contributed by atoms with Crippen LogP contribution in [0.5, 0.6) is 5.75 Å². The lowest BCUT2D eigenvalue weighted by atomic mass is 10.1. The first-order valence-electron chi connectivity index (χ1n) is 9.09. The lowest BCUT2D eigenvalue weighted by Gasteiger charge is -2.12. The van der Waals surface area contributed by atoms with Gasteiger partial charge in [-0.1, -0.05) is 12.1 Å². The fraction of sp³-hybridized carbons (Fsp3) is 0.0909. The maximum absolute atomic E-state index is 13.1. The summed E-state index contributed by atoms with van der Waals surface area (Å²) in [6.07, 6.45) is 0. The molecule has 1 amide bonds. The zero-order valence-corrected chi connectivity index (χ0v) is 17.2. The van der Waals surface area contributed by atoms with E-state index in [4.69, 9.17) is 10.00 Å². The number of nitriles is 1. The summed E-state index contributed by atoms with van der Waals surface area (Å²) in [7, 11) is -3.99. The zero-order valence-electron chi connectivity index (χ0n) is 16.4. The average Bonchev–Trinajstić information content (AvgIpc) is 2.74. The van der Waals surface area contributed by atoms with Crippen molar-refractivity contribution in [2.24, 2.45) is 0 Å². The van der Waals surface area contributed by atoms with Crippen molar-refractivity contribution in [3.05, 3.63) is 83.7 Å². The fourth-order valence-electron chi connectivity index (χ4n) is 2.72. The number of halogens is 1. The minimum atomic E-state index is -3.99. The van der Waals surface area contributed by atoms with E-state index < -0.39 is 21.7 Å². The van der Waals surface area contributed by atoms with Gasteiger partial charge in [0.2, 0.25) is 0 Å². The van der Waals surface area contributed by atoms with E-state index in [-0.39, 0.29) is 22.8 Å². The molecular weight excluding hydrogens is 421 g/mol. The summed E-state index contributed by atoms with van der Waals surface area (Å²) in [6, 6.07) is 17.4. The van der Waals surface area contributed by atoms with E-state index in [1.807, 2.05) is 6.07 Å². The van der Waals surface area contributed by atoms with Gasteiger partial charge in [0, 0.05) is 23.0 Å². The molecule has 0 aliphatic rings. The minimum absolute atomic E-state index is 0.112. The van der Waals surface area contributed by atoms with Crippen LogP contribution in [-0.2, 0) is 10.0 Å². The van der Waals surface area contributed by atoms with E-state index in [1.165, 1.54) is 30.3 Å². The number of sulfonamides is 1. The largest absolute Gasteiger partial charge is 0.479 e. The Balaban J connectivity index is 1.82. The summed E-state index contributed by atoms with van der Waals surface area (Å²) >= 11 is 0. The van der Waals surface area contributed by atoms with E-state index in [1.54, 1.807) is 31.2 Å². The molecule has 0 radical (unpaired) electrons. The molecule has 2 N–H and O–H groups in total. The predicted octanol–water partition coefficient (Wildman–Crippen LogP) is 4.09. The number of benzene rings is 3. The molecule has 0 atom stereocenters. The number of carbonyl (C=O) groups excluding carboxylic acids is 1. The van der Waals surface area contributed by atoms with Crippen molar-refractivity contribution in [2.75, 3.05) is 16.6 Å². The smallest absolute Gasteiger partial charge is 0.261 e. The highest BCUT2D eigenvalue weighted by Gasteiger charge is 2.18. The number of anilines is 2. The van der Waals surface area contributed by atoms with Crippen LogP contribution in [0.25, 0.3) is 0 Å². The van der Waals surface area contributed by atoms with Gasteiger partial charge in [-0.15, -0.1) is 0 Å². The third kappa shape index (κ3) is 5.58. The van der Waals surface area contributed by atoms with Crippen molar-refractivity contribution < 1.29 is 22.3 Å². The Hall–Kier alpha value is -3.90. The standard InChI is InChI=1S/C22H18FN3O4S/c1-15-5-10-20(31(28,29)26-17-8-6-16(23)7-9-17)14-21(15)22(27)25-18-3-2-4-19(13-18)30-12-11-24/h2-10,13-14,26H,12H2,1H3,(H,25,27). The van der Waals surface area contributed by atoms with Crippen molar-refractivity contribution in [1.82, 2.24) is 0 Å². The SMILES string of the molecule is Cc1ccc(S(=O)(=O)Nc2ccc(F)cc2)cc1C(=O)Nc1cccc(OCC#N)c1. The first-order chi connectivity index (χ1) is 14.8. The summed E-state index contributed by atoms with van der Waals surface area (Å²) in [6.45, 7) is 1.56. The lowest BCUT2D eigenvalue weighted by Crippen LogP contribution is -2.17. The number of amides is 1. The highest BCUT2D eigenvalue weighted by atomic mass is 32.2. The van der Waals surface area contributed by atoms with E-state index in [9.17, 15) is 17.6 Å². The van der Waals surface area contributed by atoms with Crippen LogP contribution >= 0.6 is 0 Å². The van der Waals surface area contributed by atoms with Gasteiger partial charge in [-0.3, -0.25) is 9.52 Å². The second-order valence-corrected chi connectivity index (χ2v) is 8.20. The van der Waals surface area contributed by atoms with Crippen LogP contribution in [0.3, 0.4) is 0 Å². The van der Waals surface area contributed by atoms with Crippen molar-refractivity contribution in [2.45, 2.75) is 11.8 Å². The first-order valence-corrected chi connectivity index (χ1v) is 10.6. The second-order valence-electron chi connectivity index (χ2n) is 6.52. The summed E-state index contributed by atoms with van der Waals surface area (Å²) in [5, 5.41) is 11.3. The first kappa shape index (κ1) is 21.8. The maximum Gasteiger partial charge on any atom is 0.261 e. The highest BCUT2D eigenvalue weighted by Crippen LogP contribution is 2.22. The van der Waals surface area contributed by atoms with Gasteiger partial charge >= 0.3 is 0 Å². The molecule has 0 heterocycles. The monoisotopic (exact) mass is 439 g/mol. The van der Waals surface area contributed by atoms with Crippen LogP contribution in [0.1, 0.15) is 15.9 Å². The summed E-state index contributed by atoms with van der Waals surface area (Å²) in [5.74, 6) is -0.580. The molecule has 0 fully saturated rings. The number of nitrogens with zero attached hydrogens (tertiary/aromatic N) is 1.